The Morgan fingerprint density at radius 2 is 2.00 bits per heavy atom. The fourth-order valence-corrected chi connectivity index (χ4v) is 2.90. The van der Waals surface area contributed by atoms with E-state index in [2.05, 4.69) is 34.2 Å². The lowest BCUT2D eigenvalue weighted by Crippen LogP contribution is -2.18. The Morgan fingerprint density at radius 1 is 1.11 bits per heavy atom. The van der Waals surface area contributed by atoms with Crippen molar-refractivity contribution in [2.75, 3.05) is 0 Å². The highest BCUT2D eigenvalue weighted by Crippen LogP contribution is 2.39. The van der Waals surface area contributed by atoms with Crippen LogP contribution in [-0.4, -0.2) is 9.97 Å². The van der Waals surface area contributed by atoms with E-state index in [1.165, 1.54) is 11.1 Å². The number of benzene rings is 2. The average molecular weight is 255 g/mol. The molecule has 1 unspecified atom stereocenters. The molecule has 1 aromatic heterocycles. The number of hydrogen-bond donors (Lipinski definition) is 1. The molecule has 1 N–H and O–H groups in total. The molecular weight excluding hydrogens is 244 g/mol. The van der Waals surface area contributed by atoms with Crippen molar-refractivity contribution in [3.05, 3.63) is 64.4 Å². The normalized spacial score (nSPS) is 17.5. The summed E-state index contributed by atoms with van der Waals surface area (Å²) < 4.78 is 0. The van der Waals surface area contributed by atoms with Crippen LogP contribution in [-0.2, 0) is 6.42 Å². The highest BCUT2D eigenvalue weighted by atomic mass is 35.5. The average Bonchev–Trinajstić information content (AvgIpc) is 2.76. The first-order valence-electron chi connectivity index (χ1n) is 6.05. The molecule has 0 saturated carbocycles. The number of hydrogen-bond acceptors (Lipinski definition) is 1. The van der Waals surface area contributed by atoms with Crippen molar-refractivity contribution in [1.29, 1.82) is 0 Å². The quantitative estimate of drug-likeness (QED) is 0.701. The van der Waals surface area contributed by atoms with E-state index in [4.69, 9.17) is 11.6 Å². The van der Waals surface area contributed by atoms with Crippen molar-refractivity contribution >= 4 is 22.6 Å². The van der Waals surface area contributed by atoms with Crippen molar-refractivity contribution in [1.82, 2.24) is 9.97 Å². The van der Waals surface area contributed by atoms with Crippen LogP contribution in [0.5, 0.6) is 0 Å². The minimum absolute atomic E-state index is 0.393. The van der Waals surface area contributed by atoms with Crippen molar-refractivity contribution in [3.8, 4) is 0 Å². The summed E-state index contributed by atoms with van der Waals surface area (Å²) in [6.07, 6.45) is 1.06. The van der Waals surface area contributed by atoms with E-state index in [-0.39, 0.29) is 0 Å². The lowest BCUT2D eigenvalue weighted by atomic mass is 9.77. The topological polar surface area (TPSA) is 28.7 Å². The van der Waals surface area contributed by atoms with Crippen LogP contribution in [0, 0.1) is 0 Å². The van der Waals surface area contributed by atoms with Gasteiger partial charge in [-0.3, -0.25) is 0 Å². The van der Waals surface area contributed by atoms with E-state index in [0.29, 0.717) is 10.9 Å². The molecule has 1 aliphatic rings. The Kier molecular flexibility index (Phi) is 2.03. The van der Waals surface area contributed by atoms with Gasteiger partial charge in [0.1, 0.15) is 11.3 Å². The van der Waals surface area contributed by atoms with Crippen molar-refractivity contribution in [3.63, 3.8) is 0 Å². The van der Waals surface area contributed by atoms with Crippen LogP contribution < -0.4 is 0 Å². The zero-order valence-corrected chi connectivity index (χ0v) is 10.4. The molecule has 3 heteroatoms. The summed E-state index contributed by atoms with van der Waals surface area (Å²) in [5, 5.41) is 0.711. The summed E-state index contributed by atoms with van der Waals surface area (Å²) in [4.78, 5) is 8.03. The molecule has 4 rings (SSSR count). The molecule has 0 saturated heterocycles. The molecule has 1 aliphatic carbocycles. The van der Waals surface area contributed by atoms with Gasteiger partial charge in [0, 0.05) is 5.92 Å². The van der Waals surface area contributed by atoms with Gasteiger partial charge >= 0.3 is 0 Å². The standard InChI is InChI=1S/C15H11ClN2/c16-12-6-3-7-13-14(12)18-15(17-13)11-8-9-4-1-2-5-10(9)11/h1-7,11H,8H2,(H,17,18). The number of nitrogens with zero attached hydrogens (tertiary/aromatic N) is 1. The zero-order chi connectivity index (χ0) is 12.1. The first-order chi connectivity index (χ1) is 8.83. The zero-order valence-electron chi connectivity index (χ0n) is 9.65. The second-order valence-electron chi connectivity index (χ2n) is 4.71. The summed E-state index contributed by atoms with van der Waals surface area (Å²) in [5.41, 5.74) is 4.70. The van der Waals surface area contributed by atoms with E-state index in [9.17, 15) is 0 Å². The predicted molar refractivity (Wildman–Crippen MR) is 73.1 cm³/mol. The van der Waals surface area contributed by atoms with E-state index < -0.39 is 0 Å². The monoisotopic (exact) mass is 254 g/mol. The van der Waals surface area contributed by atoms with Gasteiger partial charge in [-0.05, 0) is 29.7 Å². The number of para-hydroxylation sites is 1. The van der Waals surface area contributed by atoms with E-state index in [0.717, 1.165) is 23.3 Å². The fourth-order valence-electron chi connectivity index (χ4n) is 2.68. The lowest BCUT2D eigenvalue weighted by molar-refractivity contribution is 0.671. The van der Waals surface area contributed by atoms with Crippen LogP contribution in [0.1, 0.15) is 22.9 Å². The Morgan fingerprint density at radius 3 is 2.83 bits per heavy atom. The number of aromatic nitrogens is 2. The number of rotatable bonds is 1. The lowest BCUT2D eigenvalue weighted by Gasteiger charge is -2.28. The van der Waals surface area contributed by atoms with Crippen LogP contribution in [0.15, 0.2) is 42.5 Å². The molecule has 0 spiro atoms. The van der Waals surface area contributed by atoms with Crippen LogP contribution in [0.25, 0.3) is 11.0 Å². The number of imidazole rings is 1. The minimum Gasteiger partial charge on any atom is -0.341 e. The van der Waals surface area contributed by atoms with Crippen LogP contribution in [0.3, 0.4) is 0 Å². The summed E-state index contributed by atoms with van der Waals surface area (Å²) in [6.45, 7) is 0. The van der Waals surface area contributed by atoms with E-state index >= 15 is 0 Å². The maximum Gasteiger partial charge on any atom is 0.115 e. The first kappa shape index (κ1) is 10.2. The largest absolute Gasteiger partial charge is 0.341 e. The van der Waals surface area contributed by atoms with Crippen molar-refractivity contribution < 1.29 is 0 Å². The Labute approximate surface area is 110 Å². The first-order valence-corrected chi connectivity index (χ1v) is 6.42. The van der Waals surface area contributed by atoms with Gasteiger partial charge in [0.25, 0.3) is 0 Å². The summed E-state index contributed by atoms with van der Waals surface area (Å²) >= 11 is 6.15. The molecule has 0 radical (unpaired) electrons. The van der Waals surface area contributed by atoms with Crippen molar-refractivity contribution in [2.45, 2.75) is 12.3 Å². The third-order valence-electron chi connectivity index (χ3n) is 3.67. The second kappa shape index (κ2) is 3.59. The highest BCUT2D eigenvalue weighted by Gasteiger charge is 2.29. The van der Waals surface area contributed by atoms with E-state index in [1.54, 1.807) is 0 Å². The van der Waals surface area contributed by atoms with Crippen LogP contribution in [0.4, 0.5) is 0 Å². The number of aromatic amines is 1. The minimum atomic E-state index is 0.393. The number of halogens is 1. The molecule has 88 valence electrons. The third kappa shape index (κ3) is 1.33. The molecule has 0 fully saturated rings. The molecule has 1 heterocycles. The van der Waals surface area contributed by atoms with Gasteiger partial charge in [0.15, 0.2) is 0 Å². The summed E-state index contributed by atoms with van der Waals surface area (Å²) in [5.74, 6) is 1.42. The molecule has 0 aliphatic heterocycles. The Bertz CT molecular complexity index is 745. The fraction of sp³-hybridized carbons (Fsp3) is 0.133. The number of H-pyrrole nitrogens is 1. The summed E-state index contributed by atoms with van der Waals surface area (Å²) in [6, 6.07) is 14.4. The van der Waals surface area contributed by atoms with Crippen molar-refractivity contribution in [2.24, 2.45) is 0 Å². The van der Waals surface area contributed by atoms with Gasteiger partial charge in [0.2, 0.25) is 0 Å². The number of fused-ring (bicyclic) bond motifs is 2. The molecule has 2 aromatic carbocycles. The van der Waals surface area contributed by atoms with Gasteiger partial charge in [-0.15, -0.1) is 0 Å². The number of nitrogens with one attached hydrogen (secondary N) is 1. The smallest absolute Gasteiger partial charge is 0.115 e. The van der Waals surface area contributed by atoms with Crippen LogP contribution in [0.2, 0.25) is 5.02 Å². The third-order valence-corrected chi connectivity index (χ3v) is 3.97. The molecule has 1 atom stereocenters. The SMILES string of the molecule is Clc1cccc2[nH]c(C3Cc4ccccc43)nc12. The Balaban J connectivity index is 1.84. The van der Waals surface area contributed by atoms with Crippen LogP contribution >= 0.6 is 11.6 Å². The predicted octanol–water partition coefficient (Wildman–Crippen LogP) is 3.90. The molecule has 0 amide bonds. The highest BCUT2D eigenvalue weighted by molar-refractivity contribution is 6.34. The van der Waals surface area contributed by atoms with Gasteiger partial charge < -0.3 is 4.98 Å². The maximum absolute atomic E-state index is 6.15. The second-order valence-corrected chi connectivity index (χ2v) is 5.12. The van der Waals surface area contributed by atoms with E-state index in [1.807, 2.05) is 18.2 Å². The molecule has 18 heavy (non-hydrogen) atoms. The van der Waals surface area contributed by atoms with Gasteiger partial charge in [-0.25, -0.2) is 4.98 Å². The summed E-state index contributed by atoms with van der Waals surface area (Å²) in [7, 11) is 0. The van der Waals surface area contributed by atoms with Gasteiger partial charge in [0.05, 0.1) is 10.5 Å². The molecule has 2 nitrogen and oxygen atoms in total. The van der Waals surface area contributed by atoms with Gasteiger partial charge in [-0.2, -0.15) is 0 Å². The molecule has 3 aromatic rings. The molecule has 0 bridgehead atoms. The molecular formula is C15H11ClN2. The van der Waals surface area contributed by atoms with Gasteiger partial charge in [-0.1, -0.05) is 41.9 Å². The maximum atomic E-state index is 6.15. The Hall–Kier alpha value is -1.80.